The number of imidazole rings is 1. The van der Waals surface area contributed by atoms with Crippen LogP contribution < -0.4 is 5.56 Å². The maximum Gasteiger partial charge on any atom is 0.360 e. The minimum Gasteiger partial charge on any atom is -0.461 e. The second kappa shape index (κ2) is 6.19. The predicted molar refractivity (Wildman–Crippen MR) is 92.6 cm³/mol. The van der Waals surface area contributed by atoms with Crippen molar-refractivity contribution in [2.24, 2.45) is 0 Å². The van der Waals surface area contributed by atoms with E-state index >= 15 is 0 Å². The van der Waals surface area contributed by atoms with Gasteiger partial charge in [0.15, 0.2) is 22.5 Å². The molecule has 0 bridgehead atoms. The van der Waals surface area contributed by atoms with Crippen molar-refractivity contribution in [3.63, 3.8) is 0 Å². The maximum atomic E-state index is 12.8. The number of hydrogen-bond acceptors (Lipinski definition) is 7. The number of benzene rings is 1. The smallest absolute Gasteiger partial charge is 0.360 e. The monoisotopic (exact) mass is 370 g/mol. The molecule has 9 nitrogen and oxygen atoms in total. The molecule has 0 amide bonds. The first-order valence-electron chi connectivity index (χ1n) is 7.65. The van der Waals surface area contributed by atoms with E-state index in [2.05, 4.69) is 20.2 Å². The van der Waals surface area contributed by atoms with Gasteiger partial charge in [0.1, 0.15) is 12.7 Å². The molecule has 0 aliphatic carbocycles. The third-order valence-corrected chi connectivity index (χ3v) is 4.04. The van der Waals surface area contributed by atoms with Crippen LogP contribution in [0.3, 0.4) is 0 Å². The summed E-state index contributed by atoms with van der Waals surface area (Å²) in [6.07, 6.45) is 2.70. The number of hydrogen-bond donors (Lipinski definition) is 0. The summed E-state index contributed by atoms with van der Waals surface area (Å²) in [6.45, 7) is 1.90. The Balaban J connectivity index is 1.95. The molecular weight excluding hydrogens is 360 g/mol. The molecule has 0 aliphatic heterocycles. The summed E-state index contributed by atoms with van der Waals surface area (Å²) in [7, 11) is 0. The average molecular weight is 371 g/mol. The van der Waals surface area contributed by atoms with E-state index in [0.717, 1.165) is 0 Å². The fourth-order valence-corrected chi connectivity index (χ4v) is 2.78. The van der Waals surface area contributed by atoms with Crippen molar-refractivity contribution in [1.29, 1.82) is 0 Å². The second-order valence-corrected chi connectivity index (χ2v) is 5.66. The van der Waals surface area contributed by atoms with Gasteiger partial charge in [-0.05, 0) is 19.1 Å². The zero-order valence-electron chi connectivity index (χ0n) is 13.5. The maximum absolute atomic E-state index is 12.8. The SMILES string of the molecule is CCOC(=O)c1ncn2c1nnc1c(=O)n(-c3ccccc3Cl)cnc12. The quantitative estimate of drug-likeness (QED) is 0.505. The standard InChI is InChI=1S/C16H11ClN6O3/c1-2-26-16(25)12-14-21-20-11-13(23(14)7-18-12)19-8-22(15(11)24)10-6-4-3-5-9(10)17/h3-8H,2H2,1H3. The Morgan fingerprint density at radius 3 is 2.73 bits per heavy atom. The van der Waals surface area contributed by atoms with Crippen molar-refractivity contribution < 1.29 is 9.53 Å². The van der Waals surface area contributed by atoms with Crippen LogP contribution in [0, 0.1) is 0 Å². The highest BCUT2D eigenvalue weighted by Gasteiger charge is 2.20. The zero-order valence-corrected chi connectivity index (χ0v) is 14.2. The van der Waals surface area contributed by atoms with Crippen molar-refractivity contribution in [3.05, 3.63) is 58.0 Å². The van der Waals surface area contributed by atoms with Crippen molar-refractivity contribution in [1.82, 2.24) is 29.1 Å². The molecular formula is C16H11ClN6O3. The highest BCUT2D eigenvalue weighted by Crippen LogP contribution is 2.19. The number of esters is 1. The van der Waals surface area contributed by atoms with Crippen molar-refractivity contribution in [3.8, 4) is 5.69 Å². The topological polar surface area (TPSA) is 104 Å². The van der Waals surface area contributed by atoms with Gasteiger partial charge in [-0.3, -0.25) is 13.8 Å². The average Bonchev–Trinajstić information content (AvgIpc) is 3.08. The lowest BCUT2D eigenvalue weighted by Gasteiger charge is -2.08. The number of aromatic nitrogens is 6. The largest absolute Gasteiger partial charge is 0.461 e. The summed E-state index contributed by atoms with van der Waals surface area (Å²) in [5.74, 6) is -0.618. The summed E-state index contributed by atoms with van der Waals surface area (Å²) in [6, 6.07) is 6.88. The molecule has 0 saturated heterocycles. The number of halogens is 1. The van der Waals surface area contributed by atoms with Crippen LogP contribution in [0.2, 0.25) is 5.02 Å². The first-order valence-corrected chi connectivity index (χ1v) is 8.02. The molecule has 130 valence electrons. The summed E-state index contributed by atoms with van der Waals surface area (Å²) < 4.78 is 7.65. The summed E-state index contributed by atoms with van der Waals surface area (Å²) in [5, 5.41) is 8.30. The molecule has 0 saturated carbocycles. The number of ether oxygens (including phenoxy) is 1. The van der Waals surface area contributed by atoms with Crippen LogP contribution in [-0.2, 0) is 4.74 Å². The number of carbonyl (C=O) groups is 1. The first kappa shape index (κ1) is 16.2. The van der Waals surface area contributed by atoms with Gasteiger partial charge in [0.2, 0.25) is 0 Å². The second-order valence-electron chi connectivity index (χ2n) is 5.25. The summed E-state index contributed by atoms with van der Waals surface area (Å²) >= 11 is 6.15. The van der Waals surface area contributed by atoms with Crippen molar-refractivity contribution >= 4 is 34.4 Å². The van der Waals surface area contributed by atoms with Gasteiger partial charge >= 0.3 is 5.97 Å². The molecule has 4 aromatic rings. The highest BCUT2D eigenvalue weighted by atomic mass is 35.5. The molecule has 26 heavy (non-hydrogen) atoms. The third kappa shape index (κ3) is 2.40. The Hall–Kier alpha value is -3.33. The first-order chi connectivity index (χ1) is 12.6. The Bertz CT molecular complexity index is 1220. The predicted octanol–water partition coefficient (Wildman–Crippen LogP) is 1.65. The molecule has 0 unspecified atom stereocenters. The van der Waals surface area contributed by atoms with Crippen LogP contribution in [-0.4, -0.2) is 41.7 Å². The molecule has 3 heterocycles. The van der Waals surface area contributed by atoms with Gasteiger partial charge < -0.3 is 4.74 Å². The van der Waals surface area contributed by atoms with E-state index in [-0.39, 0.29) is 29.1 Å². The molecule has 0 radical (unpaired) electrons. The van der Waals surface area contributed by atoms with E-state index in [4.69, 9.17) is 16.3 Å². The number of fused-ring (bicyclic) bond motifs is 3. The number of para-hydroxylation sites is 1. The molecule has 0 spiro atoms. The Morgan fingerprint density at radius 2 is 1.96 bits per heavy atom. The van der Waals surface area contributed by atoms with E-state index < -0.39 is 11.5 Å². The van der Waals surface area contributed by atoms with E-state index in [9.17, 15) is 9.59 Å². The Labute approximate surface area is 150 Å². The molecule has 1 aromatic carbocycles. The van der Waals surface area contributed by atoms with E-state index in [1.54, 1.807) is 31.2 Å². The molecule has 4 rings (SSSR count). The number of carbonyl (C=O) groups excluding carboxylic acids is 1. The summed E-state index contributed by atoms with van der Waals surface area (Å²) in [4.78, 5) is 33.0. The zero-order chi connectivity index (χ0) is 18.3. The molecule has 10 heteroatoms. The number of rotatable bonds is 3. The van der Waals surface area contributed by atoms with Crippen molar-refractivity contribution in [2.45, 2.75) is 6.92 Å². The lowest BCUT2D eigenvalue weighted by molar-refractivity contribution is 0.0522. The minimum absolute atomic E-state index is 0.0123. The third-order valence-electron chi connectivity index (χ3n) is 3.72. The molecule has 3 aromatic heterocycles. The lowest BCUT2D eigenvalue weighted by Crippen LogP contribution is -2.21. The van der Waals surface area contributed by atoms with Crippen LogP contribution in [0.25, 0.3) is 22.5 Å². The number of nitrogens with zero attached hydrogens (tertiary/aromatic N) is 6. The fourth-order valence-electron chi connectivity index (χ4n) is 2.55. The molecule has 0 atom stereocenters. The molecule has 0 aliphatic rings. The normalized spacial score (nSPS) is 11.2. The van der Waals surface area contributed by atoms with Crippen LogP contribution in [0.5, 0.6) is 0 Å². The highest BCUT2D eigenvalue weighted by molar-refractivity contribution is 6.32. The van der Waals surface area contributed by atoms with Crippen LogP contribution in [0.4, 0.5) is 0 Å². The lowest BCUT2D eigenvalue weighted by atomic mass is 10.3. The van der Waals surface area contributed by atoms with E-state index in [0.29, 0.717) is 10.7 Å². The van der Waals surface area contributed by atoms with Gasteiger partial charge in [0, 0.05) is 0 Å². The van der Waals surface area contributed by atoms with Crippen molar-refractivity contribution in [2.75, 3.05) is 6.61 Å². The van der Waals surface area contributed by atoms with Gasteiger partial charge in [-0.15, -0.1) is 10.2 Å². The van der Waals surface area contributed by atoms with E-state index in [1.807, 2.05) is 0 Å². The van der Waals surface area contributed by atoms with Crippen LogP contribution >= 0.6 is 11.6 Å². The van der Waals surface area contributed by atoms with E-state index in [1.165, 1.54) is 21.6 Å². The van der Waals surface area contributed by atoms with Gasteiger partial charge in [-0.25, -0.2) is 14.8 Å². The summed E-state index contributed by atoms with van der Waals surface area (Å²) in [5.41, 5.74) is 0.466. The van der Waals surface area contributed by atoms with Crippen LogP contribution in [0.1, 0.15) is 17.4 Å². The molecule has 0 N–H and O–H groups in total. The van der Waals surface area contributed by atoms with Gasteiger partial charge in [-0.2, -0.15) is 0 Å². The van der Waals surface area contributed by atoms with Crippen LogP contribution in [0.15, 0.2) is 41.7 Å². The van der Waals surface area contributed by atoms with Gasteiger partial charge in [-0.1, -0.05) is 23.7 Å². The Morgan fingerprint density at radius 1 is 1.15 bits per heavy atom. The fraction of sp³-hybridized carbons (Fsp3) is 0.125. The minimum atomic E-state index is -0.618. The van der Waals surface area contributed by atoms with Gasteiger partial charge in [0.25, 0.3) is 5.56 Å². The Kier molecular flexibility index (Phi) is 3.85. The van der Waals surface area contributed by atoms with Gasteiger partial charge in [0.05, 0.1) is 17.3 Å². The molecule has 0 fully saturated rings.